The number of hydrogen-bond donors (Lipinski definition) is 1. The summed E-state index contributed by atoms with van der Waals surface area (Å²) in [5, 5.41) is 7.95. The van der Waals surface area contributed by atoms with Crippen LogP contribution in [0.3, 0.4) is 0 Å². The van der Waals surface area contributed by atoms with Gasteiger partial charge in [-0.25, -0.2) is 9.67 Å². The SMILES string of the molecule is CCc1nc2c(=O)n(CC(=O)NCc3cccc(OC)c3OC)nc(C)c2s1. The molecule has 0 spiro atoms. The van der Waals surface area contributed by atoms with Crippen molar-refractivity contribution in [3.8, 4) is 11.5 Å². The summed E-state index contributed by atoms with van der Waals surface area (Å²) in [6, 6.07) is 5.44. The summed E-state index contributed by atoms with van der Waals surface area (Å²) < 4.78 is 12.6. The van der Waals surface area contributed by atoms with E-state index in [0.717, 1.165) is 26.4 Å². The zero-order chi connectivity index (χ0) is 20.3. The van der Waals surface area contributed by atoms with Crippen molar-refractivity contribution < 1.29 is 14.3 Å². The monoisotopic (exact) mass is 402 g/mol. The van der Waals surface area contributed by atoms with Crippen LogP contribution in [-0.2, 0) is 24.3 Å². The van der Waals surface area contributed by atoms with Crippen molar-refractivity contribution in [3.63, 3.8) is 0 Å². The Hall–Kier alpha value is -2.94. The van der Waals surface area contributed by atoms with E-state index in [4.69, 9.17) is 9.47 Å². The number of carbonyl (C=O) groups is 1. The zero-order valence-corrected chi connectivity index (χ0v) is 17.1. The topological polar surface area (TPSA) is 95.3 Å². The molecule has 0 aliphatic rings. The number of thiazole rings is 1. The molecule has 0 aliphatic heterocycles. The molecular weight excluding hydrogens is 380 g/mol. The van der Waals surface area contributed by atoms with Gasteiger partial charge in [-0.1, -0.05) is 19.1 Å². The second-order valence-electron chi connectivity index (χ2n) is 6.12. The lowest BCUT2D eigenvalue weighted by atomic mass is 10.2. The van der Waals surface area contributed by atoms with Crippen LogP contribution in [0.2, 0.25) is 0 Å². The summed E-state index contributed by atoms with van der Waals surface area (Å²) in [6.45, 7) is 3.86. The molecule has 0 saturated carbocycles. The largest absolute Gasteiger partial charge is 0.493 e. The third-order valence-corrected chi connectivity index (χ3v) is 5.57. The van der Waals surface area contributed by atoms with Gasteiger partial charge in [0.15, 0.2) is 17.0 Å². The van der Waals surface area contributed by atoms with Gasteiger partial charge in [-0.05, 0) is 19.4 Å². The van der Waals surface area contributed by atoms with Crippen molar-refractivity contribution in [2.45, 2.75) is 33.4 Å². The lowest BCUT2D eigenvalue weighted by Crippen LogP contribution is -2.34. The molecule has 3 rings (SSSR count). The fraction of sp³-hybridized carbons (Fsp3) is 0.368. The second-order valence-corrected chi connectivity index (χ2v) is 7.20. The first-order chi connectivity index (χ1) is 13.5. The molecule has 0 saturated heterocycles. The molecule has 28 heavy (non-hydrogen) atoms. The third kappa shape index (κ3) is 3.84. The van der Waals surface area contributed by atoms with Crippen molar-refractivity contribution in [1.29, 1.82) is 0 Å². The Morgan fingerprint density at radius 1 is 1.29 bits per heavy atom. The normalized spacial score (nSPS) is 10.9. The summed E-state index contributed by atoms with van der Waals surface area (Å²) in [5.74, 6) is 0.820. The maximum absolute atomic E-state index is 12.6. The van der Waals surface area contributed by atoms with E-state index < -0.39 is 0 Å². The van der Waals surface area contributed by atoms with E-state index in [2.05, 4.69) is 15.4 Å². The number of amides is 1. The summed E-state index contributed by atoms with van der Waals surface area (Å²) in [6.07, 6.45) is 0.751. The predicted molar refractivity (Wildman–Crippen MR) is 107 cm³/mol. The highest BCUT2D eigenvalue weighted by Crippen LogP contribution is 2.30. The molecule has 1 aromatic carbocycles. The first kappa shape index (κ1) is 19.8. The summed E-state index contributed by atoms with van der Waals surface area (Å²) in [5.41, 5.74) is 1.48. The van der Waals surface area contributed by atoms with Gasteiger partial charge in [-0.2, -0.15) is 5.10 Å². The number of aromatic nitrogens is 3. The van der Waals surface area contributed by atoms with E-state index in [9.17, 15) is 9.59 Å². The molecule has 1 N–H and O–H groups in total. The summed E-state index contributed by atoms with van der Waals surface area (Å²) >= 11 is 1.47. The molecule has 148 valence electrons. The molecular formula is C19H22N4O4S. The highest BCUT2D eigenvalue weighted by molar-refractivity contribution is 7.18. The van der Waals surface area contributed by atoms with Crippen molar-refractivity contribution in [1.82, 2.24) is 20.1 Å². The number of aryl methyl sites for hydroxylation is 2. The van der Waals surface area contributed by atoms with E-state index in [1.165, 1.54) is 11.3 Å². The smallest absolute Gasteiger partial charge is 0.294 e. The molecule has 0 fully saturated rings. The minimum Gasteiger partial charge on any atom is -0.493 e. The Morgan fingerprint density at radius 2 is 2.07 bits per heavy atom. The molecule has 3 aromatic rings. The van der Waals surface area contributed by atoms with E-state index in [0.29, 0.717) is 22.7 Å². The van der Waals surface area contributed by atoms with Gasteiger partial charge in [0.2, 0.25) is 5.91 Å². The van der Waals surface area contributed by atoms with Crippen LogP contribution < -0.4 is 20.3 Å². The molecule has 2 heterocycles. The molecule has 8 nitrogen and oxygen atoms in total. The molecule has 2 aromatic heterocycles. The van der Waals surface area contributed by atoms with Gasteiger partial charge < -0.3 is 14.8 Å². The minimum atomic E-state index is -0.356. The van der Waals surface area contributed by atoms with E-state index in [-0.39, 0.29) is 24.6 Å². The minimum absolute atomic E-state index is 0.180. The van der Waals surface area contributed by atoms with Gasteiger partial charge in [0.05, 0.1) is 29.6 Å². The van der Waals surface area contributed by atoms with Gasteiger partial charge in [0.25, 0.3) is 5.56 Å². The highest BCUT2D eigenvalue weighted by atomic mass is 32.1. The standard InChI is InChI=1S/C19H22N4O4S/c1-5-15-21-16-18(28-15)11(2)22-23(19(16)25)10-14(24)20-9-12-7-6-8-13(26-3)17(12)27-4/h6-8H,5,9-10H2,1-4H3,(H,20,24). The lowest BCUT2D eigenvalue weighted by molar-refractivity contribution is -0.122. The number of nitrogens with zero attached hydrogens (tertiary/aromatic N) is 3. The molecule has 0 radical (unpaired) electrons. The van der Waals surface area contributed by atoms with Gasteiger partial charge in [-0.3, -0.25) is 9.59 Å². The number of methoxy groups -OCH3 is 2. The fourth-order valence-corrected chi connectivity index (χ4v) is 3.82. The van der Waals surface area contributed by atoms with Crippen molar-refractivity contribution >= 4 is 27.5 Å². The van der Waals surface area contributed by atoms with Crippen LogP contribution in [0.25, 0.3) is 10.2 Å². The average Bonchev–Trinajstić information content (AvgIpc) is 3.15. The highest BCUT2D eigenvalue weighted by Gasteiger charge is 2.16. The van der Waals surface area contributed by atoms with Gasteiger partial charge in [-0.15, -0.1) is 11.3 Å². The van der Waals surface area contributed by atoms with Crippen LogP contribution in [0, 0.1) is 6.92 Å². The Morgan fingerprint density at radius 3 is 2.75 bits per heavy atom. The van der Waals surface area contributed by atoms with Gasteiger partial charge >= 0.3 is 0 Å². The van der Waals surface area contributed by atoms with Crippen molar-refractivity contribution in [2.24, 2.45) is 0 Å². The fourth-order valence-electron chi connectivity index (χ4n) is 2.89. The molecule has 0 bridgehead atoms. The number of benzene rings is 1. The third-order valence-electron chi connectivity index (χ3n) is 4.26. The van der Waals surface area contributed by atoms with Crippen molar-refractivity contribution in [3.05, 3.63) is 44.8 Å². The second kappa shape index (κ2) is 8.39. The Bertz CT molecular complexity index is 1070. The Kier molecular flexibility index (Phi) is 5.93. The lowest BCUT2D eigenvalue weighted by Gasteiger charge is -2.13. The number of ether oxygens (including phenoxy) is 2. The van der Waals surface area contributed by atoms with E-state index in [1.807, 2.05) is 26.0 Å². The van der Waals surface area contributed by atoms with Gasteiger partial charge in [0.1, 0.15) is 6.54 Å². The van der Waals surface area contributed by atoms with Crippen LogP contribution in [0.1, 0.15) is 23.2 Å². The van der Waals surface area contributed by atoms with E-state index >= 15 is 0 Å². The maximum Gasteiger partial charge on any atom is 0.294 e. The van der Waals surface area contributed by atoms with Crippen LogP contribution in [0.15, 0.2) is 23.0 Å². The Balaban J connectivity index is 1.77. The molecule has 0 atom stereocenters. The average molecular weight is 402 g/mol. The van der Waals surface area contributed by atoms with E-state index in [1.54, 1.807) is 20.3 Å². The van der Waals surface area contributed by atoms with Crippen LogP contribution in [0.5, 0.6) is 11.5 Å². The molecule has 1 amide bonds. The first-order valence-corrected chi connectivity index (χ1v) is 9.63. The number of rotatable bonds is 7. The zero-order valence-electron chi connectivity index (χ0n) is 16.2. The number of carbonyl (C=O) groups excluding carboxylic acids is 1. The molecule has 0 aliphatic carbocycles. The van der Waals surface area contributed by atoms with Crippen molar-refractivity contribution in [2.75, 3.05) is 14.2 Å². The van der Waals surface area contributed by atoms with Crippen LogP contribution in [0.4, 0.5) is 0 Å². The summed E-state index contributed by atoms with van der Waals surface area (Å²) in [7, 11) is 3.10. The predicted octanol–water partition coefficient (Wildman–Crippen LogP) is 2.06. The maximum atomic E-state index is 12.6. The first-order valence-electron chi connectivity index (χ1n) is 8.82. The van der Waals surface area contributed by atoms with Crippen LogP contribution in [-0.4, -0.2) is 34.9 Å². The number of nitrogens with one attached hydrogen (secondary N) is 1. The number of para-hydroxylation sites is 1. The quantitative estimate of drug-likeness (QED) is 0.650. The number of hydrogen-bond acceptors (Lipinski definition) is 7. The molecule has 9 heteroatoms. The van der Waals surface area contributed by atoms with Gasteiger partial charge in [0, 0.05) is 12.1 Å². The number of fused-ring (bicyclic) bond motifs is 1. The molecule has 0 unspecified atom stereocenters. The summed E-state index contributed by atoms with van der Waals surface area (Å²) in [4.78, 5) is 29.4. The Labute approximate surface area is 166 Å². The van der Waals surface area contributed by atoms with Crippen LogP contribution >= 0.6 is 11.3 Å².